The number of hydrogen-bond acceptors (Lipinski definition) is 3. The van der Waals surface area contributed by atoms with Crippen LogP contribution in [0.1, 0.15) is 48.3 Å². The molecule has 20 heavy (non-hydrogen) atoms. The third-order valence-corrected chi connectivity index (χ3v) is 3.88. The molecule has 1 aliphatic rings. The normalized spacial score (nSPS) is 15.1. The molecule has 1 heterocycles. The van der Waals surface area contributed by atoms with Gasteiger partial charge in [0.2, 0.25) is 5.82 Å². The topological polar surface area (TPSA) is 68.0 Å². The number of carbonyl (C=O) groups is 1. The first-order valence-corrected chi connectivity index (χ1v) is 6.97. The summed E-state index contributed by atoms with van der Waals surface area (Å²) in [5, 5.41) is 13.4. The maximum absolute atomic E-state index is 11.1. The van der Waals surface area contributed by atoms with Crippen LogP contribution >= 0.6 is 0 Å². The molecule has 0 radical (unpaired) electrons. The Labute approximate surface area is 117 Å². The van der Waals surface area contributed by atoms with Crippen molar-refractivity contribution in [1.82, 2.24) is 14.8 Å². The number of carboxylic acid groups (broad SMARTS) is 1. The molecule has 0 saturated heterocycles. The summed E-state index contributed by atoms with van der Waals surface area (Å²) in [4.78, 5) is 15.3. The molecule has 5 heteroatoms. The quantitative estimate of drug-likeness (QED) is 0.928. The Balaban J connectivity index is 1.98. The Kier molecular flexibility index (Phi) is 3.26. The van der Waals surface area contributed by atoms with Crippen LogP contribution in [0.15, 0.2) is 24.3 Å². The molecule has 1 saturated carbocycles. The first-order chi connectivity index (χ1) is 9.69. The highest BCUT2D eigenvalue weighted by Gasteiger charge is 2.21. The van der Waals surface area contributed by atoms with Crippen LogP contribution in [0.3, 0.4) is 0 Å². The van der Waals surface area contributed by atoms with E-state index in [4.69, 9.17) is 5.11 Å². The van der Waals surface area contributed by atoms with Crippen molar-refractivity contribution < 1.29 is 9.90 Å². The van der Waals surface area contributed by atoms with E-state index in [0.29, 0.717) is 18.3 Å². The van der Waals surface area contributed by atoms with Crippen LogP contribution in [0.5, 0.6) is 0 Å². The number of hydrogen-bond donors (Lipinski definition) is 1. The smallest absolute Gasteiger partial charge is 0.373 e. The van der Waals surface area contributed by atoms with Gasteiger partial charge in [-0.25, -0.2) is 14.5 Å². The fourth-order valence-electron chi connectivity index (χ4n) is 2.52. The number of rotatable bonds is 4. The summed E-state index contributed by atoms with van der Waals surface area (Å²) in [6.45, 7) is 2.35. The van der Waals surface area contributed by atoms with Crippen LogP contribution in [-0.2, 0) is 6.54 Å². The van der Waals surface area contributed by atoms with Gasteiger partial charge in [-0.1, -0.05) is 24.6 Å². The lowest BCUT2D eigenvalue weighted by atomic mass is 9.80. The molecule has 1 fully saturated rings. The summed E-state index contributed by atoms with van der Waals surface area (Å²) < 4.78 is 1.42. The van der Waals surface area contributed by atoms with Crippen molar-refractivity contribution in [2.24, 2.45) is 0 Å². The maximum atomic E-state index is 11.1. The highest BCUT2D eigenvalue weighted by Crippen LogP contribution is 2.37. The SMILES string of the molecule is CCn1nc(-c2cccc(C3CCC3)c2)nc1C(=O)O. The molecule has 0 atom stereocenters. The van der Waals surface area contributed by atoms with Crippen LogP contribution in [0, 0.1) is 0 Å². The van der Waals surface area contributed by atoms with Crippen molar-refractivity contribution >= 4 is 5.97 Å². The van der Waals surface area contributed by atoms with Crippen LogP contribution < -0.4 is 0 Å². The van der Waals surface area contributed by atoms with Gasteiger partial charge in [0.15, 0.2) is 5.82 Å². The van der Waals surface area contributed by atoms with E-state index < -0.39 is 5.97 Å². The van der Waals surface area contributed by atoms with E-state index >= 15 is 0 Å². The van der Waals surface area contributed by atoms with E-state index in [1.165, 1.54) is 29.5 Å². The Morgan fingerprint density at radius 2 is 2.25 bits per heavy atom. The Bertz CT molecular complexity index is 644. The second kappa shape index (κ2) is 5.07. The average Bonchev–Trinajstić information content (AvgIpc) is 2.81. The molecular formula is C15H17N3O2. The summed E-state index contributed by atoms with van der Waals surface area (Å²) >= 11 is 0. The first-order valence-electron chi connectivity index (χ1n) is 6.97. The highest BCUT2D eigenvalue weighted by atomic mass is 16.4. The van der Waals surface area contributed by atoms with Crippen LogP contribution in [0.25, 0.3) is 11.4 Å². The zero-order chi connectivity index (χ0) is 14.1. The molecule has 3 rings (SSSR count). The lowest BCUT2D eigenvalue weighted by molar-refractivity contribution is 0.0676. The van der Waals surface area contributed by atoms with Crippen molar-refractivity contribution in [2.75, 3.05) is 0 Å². The molecular weight excluding hydrogens is 254 g/mol. The zero-order valence-corrected chi connectivity index (χ0v) is 11.4. The Hall–Kier alpha value is -2.17. The molecule has 1 aromatic carbocycles. The molecule has 1 N–H and O–H groups in total. The third-order valence-electron chi connectivity index (χ3n) is 3.88. The van der Waals surface area contributed by atoms with Gasteiger partial charge in [-0.15, -0.1) is 0 Å². The fourth-order valence-corrected chi connectivity index (χ4v) is 2.52. The summed E-state index contributed by atoms with van der Waals surface area (Å²) in [6.07, 6.45) is 3.77. The number of benzene rings is 1. The number of aromatic nitrogens is 3. The van der Waals surface area contributed by atoms with Gasteiger partial charge in [0.25, 0.3) is 0 Å². The van der Waals surface area contributed by atoms with Gasteiger partial charge < -0.3 is 5.11 Å². The average molecular weight is 271 g/mol. The van der Waals surface area contributed by atoms with Crippen molar-refractivity contribution in [3.8, 4) is 11.4 Å². The van der Waals surface area contributed by atoms with Crippen molar-refractivity contribution in [3.63, 3.8) is 0 Å². The molecule has 0 spiro atoms. The predicted octanol–water partition coefficient (Wildman–Crippen LogP) is 2.93. The van der Waals surface area contributed by atoms with Gasteiger partial charge in [-0.2, -0.15) is 5.10 Å². The Morgan fingerprint density at radius 3 is 2.80 bits per heavy atom. The summed E-state index contributed by atoms with van der Waals surface area (Å²) in [5.41, 5.74) is 2.20. The van der Waals surface area contributed by atoms with Crippen molar-refractivity contribution in [3.05, 3.63) is 35.7 Å². The molecule has 2 aromatic rings. The molecule has 1 aliphatic carbocycles. The lowest BCUT2D eigenvalue weighted by Crippen LogP contribution is -2.09. The highest BCUT2D eigenvalue weighted by molar-refractivity contribution is 5.84. The third kappa shape index (κ3) is 2.19. The first kappa shape index (κ1) is 12.8. The van der Waals surface area contributed by atoms with Crippen molar-refractivity contribution in [1.29, 1.82) is 0 Å². The molecule has 0 bridgehead atoms. The van der Waals surface area contributed by atoms with E-state index in [1.54, 1.807) is 0 Å². The van der Waals surface area contributed by atoms with E-state index in [2.05, 4.69) is 22.2 Å². The minimum Gasteiger partial charge on any atom is -0.475 e. The number of nitrogens with zero attached hydrogens (tertiary/aromatic N) is 3. The molecule has 5 nitrogen and oxygen atoms in total. The van der Waals surface area contributed by atoms with Gasteiger partial charge >= 0.3 is 5.97 Å². The maximum Gasteiger partial charge on any atom is 0.373 e. The van der Waals surface area contributed by atoms with Crippen molar-refractivity contribution in [2.45, 2.75) is 38.6 Å². The second-order valence-electron chi connectivity index (χ2n) is 5.13. The van der Waals surface area contributed by atoms with Gasteiger partial charge in [-0.3, -0.25) is 0 Å². The van der Waals surface area contributed by atoms with E-state index in [-0.39, 0.29) is 5.82 Å². The standard InChI is InChI=1S/C15H17N3O2/c1-2-18-14(15(19)20)16-13(17-18)12-8-4-7-11(9-12)10-5-3-6-10/h4,7-10H,2-3,5-6H2,1H3,(H,19,20). The summed E-state index contributed by atoms with van der Waals surface area (Å²) in [6, 6.07) is 8.15. The number of aryl methyl sites for hydroxylation is 1. The minimum absolute atomic E-state index is 0.00320. The number of aromatic carboxylic acids is 1. The monoisotopic (exact) mass is 271 g/mol. The largest absolute Gasteiger partial charge is 0.475 e. The van der Waals surface area contributed by atoms with Crippen LogP contribution in [0.2, 0.25) is 0 Å². The van der Waals surface area contributed by atoms with Gasteiger partial charge in [0.1, 0.15) is 0 Å². The van der Waals surface area contributed by atoms with E-state index in [9.17, 15) is 4.79 Å². The fraction of sp³-hybridized carbons (Fsp3) is 0.400. The predicted molar refractivity (Wildman–Crippen MR) is 74.7 cm³/mol. The molecule has 0 aliphatic heterocycles. The molecule has 1 aromatic heterocycles. The summed E-state index contributed by atoms with van der Waals surface area (Å²) in [5.74, 6) is 0.0878. The zero-order valence-electron chi connectivity index (χ0n) is 11.4. The molecule has 0 amide bonds. The number of carboxylic acids is 1. The van der Waals surface area contributed by atoms with Gasteiger partial charge in [-0.05, 0) is 37.3 Å². The van der Waals surface area contributed by atoms with E-state index in [0.717, 1.165) is 5.56 Å². The second-order valence-corrected chi connectivity index (χ2v) is 5.13. The van der Waals surface area contributed by atoms with Gasteiger partial charge in [0, 0.05) is 12.1 Å². The van der Waals surface area contributed by atoms with Gasteiger partial charge in [0.05, 0.1) is 0 Å². The Morgan fingerprint density at radius 1 is 1.45 bits per heavy atom. The van der Waals surface area contributed by atoms with E-state index in [1.807, 2.05) is 19.1 Å². The molecule has 104 valence electrons. The lowest BCUT2D eigenvalue weighted by Gasteiger charge is -2.25. The summed E-state index contributed by atoms with van der Waals surface area (Å²) in [7, 11) is 0. The minimum atomic E-state index is -1.04. The molecule has 0 unspecified atom stereocenters. The van der Waals surface area contributed by atoms with Crippen LogP contribution in [-0.4, -0.2) is 25.8 Å². The van der Waals surface area contributed by atoms with Crippen LogP contribution in [0.4, 0.5) is 0 Å².